The van der Waals surface area contributed by atoms with Gasteiger partial charge in [0.2, 0.25) is 5.91 Å². The van der Waals surface area contributed by atoms with E-state index in [-0.39, 0.29) is 17.3 Å². The Balaban J connectivity index is 1.54. The van der Waals surface area contributed by atoms with Crippen molar-refractivity contribution in [3.63, 3.8) is 0 Å². The number of aryl methyl sites for hydroxylation is 1. The lowest BCUT2D eigenvalue weighted by Gasteiger charge is -2.37. The molecule has 3 aromatic carbocycles. The predicted octanol–water partition coefficient (Wildman–Crippen LogP) is 3.68. The maximum absolute atomic E-state index is 13.4. The van der Waals surface area contributed by atoms with Gasteiger partial charge in [-0.15, -0.1) is 0 Å². The summed E-state index contributed by atoms with van der Waals surface area (Å²) in [5, 5.41) is 0. The quantitative estimate of drug-likeness (QED) is 0.555. The fourth-order valence-electron chi connectivity index (χ4n) is 3.84. The van der Waals surface area contributed by atoms with E-state index < -0.39 is 15.8 Å². The highest BCUT2D eigenvalue weighted by atomic mass is 32.2. The lowest BCUT2D eigenvalue weighted by Crippen LogP contribution is -2.52. The van der Waals surface area contributed by atoms with Crippen LogP contribution in [0.4, 0.5) is 15.8 Å². The average molecular weight is 468 g/mol. The number of rotatable bonds is 6. The molecular formula is C25H26FN3O3S. The van der Waals surface area contributed by atoms with Gasteiger partial charge in [-0.25, -0.2) is 12.8 Å². The molecule has 1 saturated heterocycles. The number of carbonyl (C=O) groups is 1. The molecule has 0 aliphatic carbocycles. The highest BCUT2D eigenvalue weighted by Crippen LogP contribution is 2.25. The zero-order chi connectivity index (χ0) is 23.4. The maximum Gasteiger partial charge on any atom is 0.264 e. The van der Waals surface area contributed by atoms with Crippen molar-refractivity contribution in [1.29, 1.82) is 0 Å². The van der Waals surface area contributed by atoms with Crippen LogP contribution in [0.5, 0.6) is 0 Å². The third-order valence-electron chi connectivity index (χ3n) is 5.76. The van der Waals surface area contributed by atoms with Crippen molar-refractivity contribution in [1.82, 2.24) is 4.90 Å². The zero-order valence-corrected chi connectivity index (χ0v) is 19.2. The molecule has 0 saturated carbocycles. The van der Waals surface area contributed by atoms with Gasteiger partial charge in [-0.05, 0) is 55.5 Å². The minimum atomic E-state index is -4.06. The van der Waals surface area contributed by atoms with Crippen LogP contribution in [0, 0.1) is 12.7 Å². The van der Waals surface area contributed by atoms with Crippen LogP contribution in [0.3, 0.4) is 0 Å². The number of benzene rings is 3. The number of hydrogen-bond donors (Lipinski definition) is 0. The number of amides is 1. The number of halogens is 1. The van der Waals surface area contributed by atoms with E-state index >= 15 is 0 Å². The minimum absolute atomic E-state index is 0.0637. The SMILES string of the molecule is Cc1ccc(N(CC(=O)N2CCN(c3ccccc3)CC2)S(=O)(=O)c2ccc(F)cc2)cc1. The molecule has 0 atom stereocenters. The van der Waals surface area contributed by atoms with Gasteiger partial charge in [-0.2, -0.15) is 0 Å². The van der Waals surface area contributed by atoms with E-state index in [2.05, 4.69) is 4.90 Å². The van der Waals surface area contributed by atoms with Gasteiger partial charge in [0.1, 0.15) is 12.4 Å². The van der Waals surface area contributed by atoms with Gasteiger partial charge >= 0.3 is 0 Å². The van der Waals surface area contributed by atoms with E-state index in [1.807, 2.05) is 37.3 Å². The summed E-state index contributed by atoms with van der Waals surface area (Å²) in [5.41, 5.74) is 2.47. The summed E-state index contributed by atoms with van der Waals surface area (Å²) in [6.45, 7) is 3.93. The number of carbonyl (C=O) groups excluding carboxylic acids is 1. The summed E-state index contributed by atoms with van der Waals surface area (Å²) in [5.74, 6) is -0.794. The molecule has 3 aromatic rings. The fraction of sp³-hybridized carbons (Fsp3) is 0.240. The molecule has 1 aliphatic heterocycles. The van der Waals surface area contributed by atoms with Crippen molar-refractivity contribution >= 4 is 27.3 Å². The van der Waals surface area contributed by atoms with Gasteiger partial charge in [-0.1, -0.05) is 35.9 Å². The van der Waals surface area contributed by atoms with Crippen LogP contribution >= 0.6 is 0 Å². The predicted molar refractivity (Wildman–Crippen MR) is 127 cm³/mol. The Morgan fingerprint density at radius 2 is 1.48 bits per heavy atom. The van der Waals surface area contributed by atoms with Crippen molar-refractivity contribution < 1.29 is 17.6 Å². The molecule has 0 N–H and O–H groups in total. The lowest BCUT2D eigenvalue weighted by atomic mass is 10.2. The van der Waals surface area contributed by atoms with E-state index in [0.29, 0.717) is 31.9 Å². The molecule has 1 fully saturated rings. The molecule has 0 bridgehead atoms. The second-order valence-corrected chi connectivity index (χ2v) is 9.87. The topological polar surface area (TPSA) is 60.9 Å². The van der Waals surface area contributed by atoms with Gasteiger partial charge in [0.25, 0.3) is 10.0 Å². The van der Waals surface area contributed by atoms with Crippen LogP contribution in [0.1, 0.15) is 5.56 Å². The Hall–Kier alpha value is -3.39. The van der Waals surface area contributed by atoms with E-state index in [9.17, 15) is 17.6 Å². The zero-order valence-electron chi connectivity index (χ0n) is 18.4. The number of hydrogen-bond acceptors (Lipinski definition) is 4. The molecule has 0 spiro atoms. The lowest BCUT2D eigenvalue weighted by molar-refractivity contribution is -0.129. The molecule has 8 heteroatoms. The summed E-state index contributed by atoms with van der Waals surface area (Å²) in [7, 11) is -4.06. The van der Waals surface area contributed by atoms with Gasteiger partial charge in [0.15, 0.2) is 0 Å². The van der Waals surface area contributed by atoms with Gasteiger partial charge in [0.05, 0.1) is 10.6 Å². The Morgan fingerprint density at radius 3 is 2.09 bits per heavy atom. The maximum atomic E-state index is 13.4. The molecule has 0 radical (unpaired) electrons. The van der Waals surface area contributed by atoms with Crippen LogP contribution in [-0.2, 0) is 14.8 Å². The van der Waals surface area contributed by atoms with Gasteiger partial charge in [0, 0.05) is 31.9 Å². The number of nitrogens with zero attached hydrogens (tertiary/aromatic N) is 3. The molecule has 0 unspecified atom stereocenters. The summed E-state index contributed by atoms with van der Waals surface area (Å²) in [6.07, 6.45) is 0. The fourth-order valence-corrected chi connectivity index (χ4v) is 5.25. The van der Waals surface area contributed by atoms with Crippen LogP contribution < -0.4 is 9.21 Å². The first kappa shape index (κ1) is 22.8. The minimum Gasteiger partial charge on any atom is -0.368 e. The number of sulfonamides is 1. The number of piperazine rings is 1. The van der Waals surface area contributed by atoms with Crippen LogP contribution in [0.15, 0.2) is 83.8 Å². The molecule has 1 aliphatic rings. The van der Waals surface area contributed by atoms with E-state index in [1.54, 1.807) is 29.2 Å². The van der Waals surface area contributed by atoms with Gasteiger partial charge < -0.3 is 9.80 Å². The second-order valence-electron chi connectivity index (χ2n) is 8.00. The molecule has 6 nitrogen and oxygen atoms in total. The molecule has 1 amide bonds. The van der Waals surface area contributed by atoms with Crippen LogP contribution in [0.25, 0.3) is 0 Å². The third-order valence-corrected chi connectivity index (χ3v) is 7.54. The van der Waals surface area contributed by atoms with Crippen molar-refractivity contribution in [2.45, 2.75) is 11.8 Å². The number of para-hydroxylation sites is 1. The first-order valence-electron chi connectivity index (χ1n) is 10.8. The van der Waals surface area contributed by atoms with E-state index in [0.717, 1.165) is 27.7 Å². The summed E-state index contributed by atoms with van der Waals surface area (Å²) in [4.78, 5) is 17.0. The summed E-state index contributed by atoms with van der Waals surface area (Å²) < 4.78 is 41.3. The van der Waals surface area contributed by atoms with E-state index in [4.69, 9.17) is 0 Å². The molecule has 172 valence electrons. The normalized spacial score (nSPS) is 14.2. The van der Waals surface area contributed by atoms with Crippen LogP contribution in [-0.4, -0.2) is 51.9 Å². The summed E-state index contributed by atoms with van der Waals surface area (Å²) >= 11 is 0. The first-order valence-corrected chi connectivity index (χ1v) is 12.2. The highest BCUT2D eigenvalue weighted by Gasteiger charge is 2.30. The van der Waals surface area contributed by atoms with Crippen molar-refractivity contribution in [3.05, 3.63) is 90.2 Å². The molecule has 33 heavy (non-hydrogen) atoms. The average Bonchev–Trinajstić information content (AvgIpc) is 2.84. The summed E-state index contributed by atoms with van der Waals surface area (Å²) in [6, 6.07) is 21.6. The largest absolute Gasteiger partial charge is 0.368 e. The monoisotopic (exact) mass is 467 g/mol. The standard InChI is InChI=1S/C25H26FN3O3S/c1-20-7-11-23(12-8-20)29(33(31,32)24-13-9-21(26)10-14-24)19-25(30)28-17-15-27(16-18-28)22-5-3-2-4-6-22/h2-14H,15-19H2,1H3. The second kappa shape index (κ2) is 9.62. The highest BCUT2D eigenvalue weighted by molar-refractivity contribution is 7.92. The first-order chi connectivity index (χ1) is 15.8. The Morgan fingerprint density at radius 1 is 0.879 bits per heavy atom. The van der Waals surface area contributed by atoms with Crippen molar-refractivity contribution in [2.24, 2.45) is 0 Å². The Kier molecular flexibility index (Phi) is 6.65. The third kappa shape index (κ3) is 5.17. The van der Waals surface area contributed by atoms with Crippen molar-refractivity contribution in [3.8, 4) is 0 Å². The molecular weight excluding hydrogens is 441 g/mol. The molecule has 4 rings (SSSR count). The Bertz CT molecular complexity index is 1190. The Labute approximate surface area is 193 Å². The van der Waals surface area contributed by atoms with Gasteiger partial charge in [-0.3, -0.25) is 9.10 Å². The molecule has 0 aromatic heterocycles. The number of anilines is 2. The van der Waals surface area contributed by atoms with Crippen molar-refractivity contribution in [2.75, 3.05) is 41.9 Å². The van der Waals surface area contributed by atoms with E-state index in [1.165, 1.54) is 12.1 Å². The van der Waals surface area contributed by atoms with Crippen LogP contribution in [0.2, 0.25) is 0 Å². The smallest absolute Gasteiger partial charge is 0.264 e. The molecule has 1 heterocycles.